The first-order chi connectivity index (χ1) is 12.2. The van der Waals surface area contributed by atoms with E-state index in [1.165, 1.54) is 0 Å². The molecule has 0 aliphatic carbocycles. The van der Waals surface area contributed by atoms with Crippen LogP contribution in [0.5, 0.6) is 5.75 Å². The molecule has 3 aromatic rings. The topological polar surface area (TPSA) is 95.2 Å². The van der Waals surface area contributed by atoms with Crippen LogP contribution < -0.4 is 20.9 Å². The van der Waals surface area contributed by atoms with Crippen LogP contribution in [0.25, 0.3) is 10.9 Å². The summed E-state index contributed by atoms with van der Waals surface area (Å²) in [5, 5.41) is 3.45. The van der Waals surface area contributed by atoms with Crippen molar-refractivity contribution in [2.75, 3.05) is 7.11 Å². The summed E-state index contributed by atoms with van der Waals surface area (Å²) in [5.74, 6) is 0.288. The van der Waals surface area contributed by atoms with Gasteiger partial charge < -0.3 is 15.0 Å². The minimum absolute atomic E-state index is 0.277. The van der Waals surface area contributed by atoms with Crippen molar-refractivity contribution < 1.29 is 14.3 Å². The van der Waals surface area contributed by atoms with Gasteiger partial charge in [0.05, 0.1) is 12.7 Å². The van der Waals surface area contributed by atoms with Crippen molar-refractivity contribution >= 4 is 22.8 Å². The van der Waals surface area contributed by atoms with E-state index in [9.17, 15) is 9.59 Å². The lowest BCUT2D eigenvalue weighted by Crippen LogP contribution is -2.46. The molecule has 0 aliphatic rings. The number of fused-ring (bicyclic) bond motifs is 1. The second kappa shape index (κ2) is 7.39. The van der Waals surface area contributed by atoms with Gasteiger partial charge in [-0.1, -0.05) is 36.4 Å². The number of hydrogen-bond donors (Lipinski definition) is 4. The molecule has 0 fully saturated rings. The minimum Gasteiger partial charge on any atom is -0.496 e. The van der Waals surface area contributed by atoms with Crippen LogP contribution in [0.4, 0.5) is 4.79 Å². The number of benzene rings is 2. The number of hydrazine groups is 1. The molecule has 1 aromatic heterocycles. The van der Waals surface area contributed by atoms with Crippen LogP contribution in [0.2, 0.25) is 0 Å². The largest absolute Gasteiger partial charge is 0.496 e. The summed E-state index contributed by atoms with van der Waals surface area (Å²) < 4.78 is 5.22. The van der Waals surface area contributed by atoms with Gasteiger partial charge in [0, 0.05) is 29.2 Å². The number of carbonyl (C=O) groups excluding carboxylic acids is 2. The second-order valence-electron chi connectivity index (χ2n) is 5.32. The Hall–Kier alpha value is -3.48. The zero-order chi connectivity index (χ0) is 17.6. The van der Waals surface area contributed by atoms with E-state index in [1.807, 2.05) is 48.5 Å². The minimum atomic E-state index is -0.515. The number of carbonyl (C=O) groups is 2. The highest BCUT2D eigenvalue weighted by molar-refractivity contribution is 6.07. The van der Waals surface area contributed by atoms with Gasteiger partial charge in [-0.05, 0) is 12.1 Å². The van der Waals surface area contributed by atoms with E-state index in [4.69, 9.17) is 4.74 Å². The summed E-state index contributed by atoms with van der Waals surface area (Å²) in [4.78, 5) is 27.1. The third-order valence-corrected chi connectivity index (χ3v) is 3.76. The van der Waals surface area contributed by atoms with Crippen molar-refractivity contribution in [2.45, 2.75) is 6.54 Å². The van der Waals surface area contributed by atoms with Crippen molar-refractivity contribution in [3.63, 3.8) is 0 Å². The lowest BCUT2D eigenvalue weighted by atomic mass is 10.2. The highest BCUT2D eigenvalue weighted by Crippen LogP contribution is 2.17. The smallest absolute Gasteiger partial charge is 0.333 e. The molecule has 0 unspecified atom stereocenters. The predicted molar refractivity (Wildman–Crippen MR) is 94.1 cm³/mol. The number of aromatic amines is 1. The number of ether oxygens (including phenoxy) is 1. The number of para-hydroxylation sites is 2. The van der Waals surface area contributed by atoms with E-state index < -0.39 is 11.9 Å². The van der Waals surface area contributed by atoms with Crippen LogP contribution in [0.1, 0.15) is 15.9 Å². The third-order valence-electron chi connectivity index (χ3n) is 3.76. The van der Waals surface area contributed by atoms with Gasteiger partial charge in [0.2, 0.25) is 0 Å². The van der Waals surface area contributed by atoms with E-state index in [-0.39, 0.29) is 6.54 Å². The van der Waals surface area contributed by atoms with E-state index in [1.54, 1.807) is 13.3 Å². The van der Waals surface area contributed by atoms with Gasteiger partial charge in [-0.3, -0.25) is 10.2 Å². The van der Waals surface area contributed by atoms with Crippen LogP contribution in [0.15, 0.2) is 54.7 Å². The zero-order valence-electron chi connectivity index (χ0n) is 13.6. The summed E-state index contributed by atoms with van der Waals surface area (Å²) in [6.07, 6.45) is 1.61. The van der Waals surface area contributed by atoms with Crippen LogP contribution in [0.3, 0.4) is 0 Å². The first-order valence-corrected chi connectivity index (χ1v) is 7.71. The Bertz CT molecular complexity index is 904. The Morgan fingerprint density at radius 2 is 1.80 bits per heavy atom. The molecular weight excluding hydrogens is 320 g/mol. The molecule has 7 heteroatoms. The first kappa shape index (κ1) is 16.4. The molecule has 0 bridgehead atoms. The normalized spacial score (nSPS) is 10.3. The van der Waals surface area contributed by atoms with Gasteiger partial charge in [0.25, 0.3) is 5.91 Å². The van der Waals surface area contributed by atoms with E-state index in [0.717, 1.165) is 16.5 Å². The summed E-state index contributed by atoms with van der Waals surface area (Å²) in [6.45, 7) is 0.277. The number of methoxy groups -OCH3 is 1. The molecule has 0 spiro atoms. The third kappa shape index (κ3) is 3.72. The molecule has 0 atom stereocenters. The van der Waals surface area contributed by atoms with Gasteiger partial charge in [-0.15, -0.1) is 0 Å². The first-order valence-electron chi connectivity index (χ1n) is 7.71. The van der Waals surface area contributed by atoms with E-state index in [2.05, 4.69) is 21.2 Å². The lowest BCUT2D eigenvalue weighted by Gasteiger charge is -2.11. The lowest BCUT2D eigenvalue weighted by molar-refractivity contribution is 0.0938. The summed E-state index contributed by atoms with van der Waals surface area (Å²) in [7, 11) is 1.57. The maximum Gasteiger partial charge on any atom is 0.333 e. The van der Waals surface area contributed by atoms with E-state index in [0.29, 0.717) is 11.3 Å². The maximum absolute atomic E-state index is 12.2. The highest BCUT2D eigenvalue weighted by Gasteiger charge is 2.12. The van der Waals surface area contributed by atoms with Crippen molar-refractivity contribution in [2.24, 2.45) is 0 Å². The van der Waals surface area contributed by atoms with Crippen LogP contribution in [-0.2, 0) is 6.54 Å². The van der Waals surface area contributed by atoms with Crippen LogP contribution in [-0.4, -0.2) is 24.0 Å². The van der Waals surface area contributed by atoms with Crippen molar-refractivity contribution in [3.8, 4) is 5.75 Å². The molecule has 2 aromatic carbocycles. The fourth-order valence-electron chi connectivity index (χ4n) is 2.51. The van der Waals surface area contributed by atoms with E-state index >= 15 is 0 Å². The fraction of sp³-hybridized carbons (Fsp3) is 0.111. The van der Waals surface area contributed by atoms with Gasteiger partial charge in [0.1, 0.15) is 5.75 Å². The number of hydrogen-bond acceptors (Lipinski definition) is 3. The van der Waals surface area contributed by atoms with Crippen LogP contribution >= 0.6 is 0 Å². The molecule has 3 rings (SSSR count). The van der Waals surface area contributed by atoms with Gasteiger partial charge in [-0.25, -0.2) is 10.2 Å². The number of amides is 3. The molecule has 0 radical (unpaired) electrons. The van der Waals surface area contributed by atoms with Gasteiger partial charge >= 0.3 is 6.03 Å². The van der Waals surface area contributed by atoms with Crippen molar-refractivity contribution in [1.29, 1.82) is 0 Å². The van der Waals surface area contributed by atoms with Crippen molar-refractivity contribution in [1.82, 2.24) is 21.2 Å². The average Bonchev–Trinajstić information content (AvgIpc) is 3.09. The zero-order valence-corrected chi connectivity index (χ0v) is 13.6. The molecule has 0 saturated heterocycles. The highest BCUT2D eigenvalue weighted by atomic mass is 16.5. The molecule has 0 saturated carbocycles. The maximum atomic E-state index is 12.2. The molecular formula is C18H18N4O3. The number of urea groups is 1. The number of nitrogens with one attached hydrogen (secondary N) is 4. The molecule has 25 heavy (non-hydrogen) atoms. The Balaban J connectivity index is 1.54. The number of H-pyrrole nitrogens is 1. The summed E-state index contributed by atoms with van der Waals surface area (Å²) in [6, 6.07) is 14.3. The predicted octanol–water partition coefficient (Wildman–Crippen LogP) is 2.32. The standard InChI is InChI=1S/C18H18N4O3/c1-25-16-9-5-2-6-12(16)10-20-18(24)22-21-17(23)14-11-19-15-8-4-3-7-13(14)15/h2-9,11,19H,10H2,1H3,(H,21,23)(H2,20,22,24). The molecule has 7 nitrogen and oxygen atoms in total. The number of aromatic nitrogens is 1. The molecule has 128 valence electrons. The monoisotopic (exact) mass is 338 g/mol. The molecule has 4 N–H and O–H groups in total. The summed E-state index contributed by atoms with van der Waals surface area (Å²) in [5.41, 5.74) is 6.88. The summed E-state index contributed by atoms with van der Waals surface area (Å²) >= 11 is 0. The molecule has 0 aliphatic heterocycles. The average molecular weight is 338 g/mol. The SMILES string of the molecule is COc1ccccc1CNC(=O)NNC(=O)c1c[nH]c2ccccc12. The van der Waals surface area contributed by atoms with Crippen LogP contribution in [0, 0.1) is 0 Å². The quantitative estimate of drug-likeness (QED) is 0.550. The Kier molecular flexibility index (Phi) is 4.84. The number of rotatable bonds is 4. The second-order valence-corrected chi connectivity index (χ2v) is 5.32. The van der Waals surface area contributed by atoms with Gasteiger partial charge in [-0.2, -0.15) is 0 Å². The molecule has 3 amide bonds. The molecule has 1 heterocycles. The Morgan fingerprint density at radius 3 is 2.64 bits per heavy atom. The Labute approximate surface area is 144 Å². The Morgan fingerprint density at radius 1 is 1.04 bits per heavy atom. The fourth-order valence-corrected chi connectivity index (χ4v) is 2.51. The van der Waals surface area contributed by atoms with Gasteiger partial charge in [0.15, 0.2) is 0 Å². The van der Waals surface area contributed by atoms with Crippen molar-refractivity contribution in [3.05, 3.63) is 65.9 Å².